The average Bonchev–Trinajstić information content (AvgIpc) is 3.06. The number of carbonyl (C=O) groups is 1. The number of benzene rings is 2. The number of thiazole rings is 1. The number of nitrogens with zero attached hydrogens (tertiary/aromatic N) is 2. The molecule has 29 heavy (non-hydrogen) atoms. The number of nitro benzene ring substituents is 1. The summed E-state index contributed by atoms with van der Waals surface area (Å²) in [5.41, 5.74) is 2.70. The van der Waals surface area contributed by atoms with Crippen molar-refractivity contribution in [2.45, 2.75) is 13.8 Å². The molecule has 0 saturated carbocycles. The van der Waals surface area contributed by atoms with Crippen molar-refractivity contribution in [1.82, 2.24) is 4.98 Å². The normalized spacial score (nSPS) is 10.4. The number of nitro groups is 1. The largest absolute Gasteiger partial charge is 0.496 e. The fourth-order valence-corrected chi connectivity index (χ4v) is 3.56. The Morgan fingerprint density at radius 2 is 1.93 bits per heavy atom. The van der Waals surface area contributed by atoms with Gasteiger partial charge in [-0.15, -0.1) is 11.3 Å². The molecule has 0 aliphatic carbocycles. The number of carbonyl (C=O) groups excluding carboxylic acids is 1. The number of nitrogens with one attached hydrogen (secondary N) is 1. The number of aryl methyl sites for hydroxylation is 2. The summed E-state index contributed by atoms with van der Waals surface area (Å²) in [6, 6.07) is 11.3. The summed E-state index contributed by atoms with van der Waals surface area (Å²) in [4.78, 5) is 27.8. The fourth-order valence-electron chi connectivity index (χ4n) is 2.71. The molecule has 3 aromatic rings. The van der Waals surface area contributed by atoms with Gasteiger partial charge in [0.15, 0.2) is 11.7 Å². The molecule has 150 valence electrons. The highest BCUT2D eigenvalue weighted by molar-refractivity contribution is 7.16. The molecule has 8 nitrogen and oxygen atoms in total. The van der Waals surface area contributed by atoms with Gasteiger partial charge in [0, 0.05) is 22.6 Å². The van der Waals surface area contributed by atoms with E-state index in [1.807, 2.05) is 32.0 Å². The number of amides is 1. The first-order valence-corrected chi connectivity index (χ1v) is 9.48. The Morgan fingerprint density at radius 3 is 2.55 bits per heavy atom. The summed E-state index contributed by atoms with van der Waals surface area (Å²) in [7, 11) is 1.63. The molecule has 0 saturated heterocycles. The minimum atomic E-state index is -0.497. The van der Waals surface area contributed by atoms with E-state index in [-0.39, 0.29) is 18.2 Å². The van der Waals surface area contributed by atoms with Gasteiger partial charge in [-0.05, 0) is 49.7 Å². The standard InChI is InChI=1S/C20H19N3O5S/c1-12-10-14(4-9-17(12)27-3)19-13(2)29-20(22-19)21-18(24)11-28-16-7-5-15(6-8-16)23(25)26/h4-10H,11H2,1-3H3,(H,21,22,24). The van der Waals surface area contributed by atoms with Crippen molar-refractivity contribution in [2.75, 3.05) is 19.0 Å². The maximum Gasteiger partial charge on any atom is 0.269 e. The molecular formula is C20H19N3O5S. The first-order chi connectivity index (χ1) is 13.9. The molecule has 1 amide bonds. The number of methoxy groups -OCH3 is 1. The van der Waals surface area contributed by atoms with Crippen molar-refractivity contribution < 1.29 is 19.2 Å². The summed E-state index contributed by atoms with van der Waals surface area (Å²) in [6.45, 7) is 3.67. The van der Waals surface area contributed by atoms with Gasteiger partial charge in [-0.25, -0.2) is 4.98 Å². The maximum atomic E-state index is 12.2. The van der Waals surface area contributed by atoms with Crippen LogP contribution >= 0.6 is 11.3 Å². The minimum Gasteiger partial charge on any atom is -0.496 e. The molecule has 1 aromatic heterocycles. The molecule has 0 atom stereocenters. The number of anilines is 1. The van der Waals surface area contributed by atoms with E-state index in [2.05, 4.69) is 10.3 Å². The van der Waals surface area contributed by atoms with Gasteiger partial charge in [0.05, 0.1) is 17.7 Å². The first-order valence-electron chi connectivity index (χ1n) is 8.67. The first kappa shape index (κ1) is 20.3. The third-order valence-corrected chi connectivity index (χ3v) is 5.01. The molecule has 0 aliphatic heterocycles. The number of non-ortho nitro benzene ring substituents is 1. The average molecular weight is 413 g/mol. The lowest BCUT2D eigenvalue weighted by atomic mass is 10.1. The van der Waals surface area contributed by atoms with E-state index >= 15 is 0 Å². The molecule has 0 aliphatic rings. The van der Waals surface area contributed by atoms with Crippen LogP contribution in [0.4, 0.5) is 10.8 Å². The Bertz CT molecular complexity index is 1050. The smallest absolute Gasteiger partial charge is 0.269 e. The summed E-state index contributed by atoms with van der Waals surface area (Å²) >= 11 is 1.38. The zero-order chi connectivity index (χ0) is 21.0. The summed E-state index contributed by atoms with van der Waals surface area (Å²) in [5.74, 6) is 0.809. The molecule has 0 unspecified atom stereocenters. The van der Waals surface area contributed by atoms with Crippen LogP contribution in [0.25, 0.3) is 11.3 Å². The van der Waals surface area contributed by atoms with Gasteiger partial charge in [0.25, 0.3) is 11.6 Å². The van der Waals surface area contributed by atoms with Crippen LogP contribution in [0, 0.1) is 24.0 Å². The second kappa shape index (κ2) is 8.70. The van der Waals surface area contributed by atoms with Gasteiger partial charge < -0.3 is 9.47 Å². The monoisotopic (exact) mass is 413 g/mol. The minimum absolute atomic E-state index is 0.0404. The van der Waals surface area contributed by atoms with Crippen molar-refractivity contribution in [3.8, 4) is 22.8 Å². The molecule has 1 N–H and O–H groups in total. The molecule has 0 bridgehead atoms. The van der Waals surface area contributed by atoms with Crippen LogP contribution < -0.4 is 14.8 Å². The van der Waals surface area contributed by atoms with E-state index in [1.54, 1.807) is 7.11 Å². The van der Waals surface area contributed by atoms with Crippen molar-refractivity contribution in [3.05, 3.63) is 63.0 Å². The Balaban J connectivity index is 1.63. The Labute approximate surface area is 171 Å². The van der Waals surface area contributed by atoms with E-state index in [0.29, 0.717) is 10.9 Å². The van der Waals surface area contributed by atoms with Crippen molar-refractivity contribution in [3.63, 3.8) is 0 Å². The molecule has 2 aromatic carbocycles. The molecular weight excluding hydrogens is 394 g/mol. The van der Waals surface area contributed by atoms with Crippen LogP contribution in [0.3, 0.4) is 0 Å². The highest BCUT2D eigenvalue weighted by atomic mass is 32.1. The number of aromatic nitrogens is 1. The third-order valence-electron chi connectivity index (χ3n) is 4.13. The zero-order valence-electron chi connectivity index (χ0n) is 16.1. The number of hydrogen-bond donors (Lipinski definition) is 1. The Morgan fingerprint density at radius 1 is 1.21 bits per heavy atom. The fraction of sp³-hybridized carbons (Fsp3) is 0.200. The van der Waals surface area contributed by atoms with Gasteiger partial charge in [0.1, 0.15) is 11.5 Å². The zero-order valence-corrected chi connectivity index (χ0v) is 16.9. The van der Waals surface area contributed by atoms with Gasteiger partial charge in [-0.2, -0.15) is 0 Å². The predicted octanol–water partition coefficient (Wildman–Crippen LogP) is 4.36. The van der Waals surface area contributed by atoms with Crippen molar-refractivity contribution >= 4 is 28.1 Å². The molecule has 3 rings (SSSR count). The maximum absolute atomic E-state index is 12.2. The lowest BCUT2D eigenvalue weighted by Gasteiger charge is -2.06. The summed E-state index contributed by atoms with van der Waals surface area (Å²) < 4.78 is 10.6. The molecule has 1 heterocycles. The SMILES string of the molecule is COc1ccc(-c2nc(NC(=O)COc3ccc([N+](=O)[O-])cc3)sc2C)cc1C. The van der Waals surface area contributed by atoms with Crippen molar-refractivity contribution in [1.29, 1.82) is 0 Å². The van der Waals surface area contributed by atoms with Gasteiger partial charge in [0.2, 0.25) is 0 Å². The predicted molar refractivity (Wildman–Crippen MR) is 111 cm³/mol. The van der Waals surface area contributed by atoms with E-state index < -0.39 is 4.92 Å². The topological polar surface area (TPSA) is 104 Å². The van der Waals surface area contributed by atoms with Crippen LogP contribution in [0.2, 0.25) is 0 Å². The molecule has 0 radical (unpaired) electrons. The van der Waals surface area contributed by atoms with Crippen LogP contribution in [-0.2, 0) is 4.79 Å². The quantitative estimate of drug-likeness (QED) is 0.456. The van der Waals surface area contributed by atoms with Gasteiger partial charge in [-0.3, -0.25) is 20.2 Å². The second-order valence-electron chi connectivity index (χ2n) is 6.20. The third kappa shape index (κ3) is 4.88. The lowest BCUT2D eigenvalue weighted by molar-refractivity contribution is -0.384. The van der Waals surface area contributed by atoms with Crippen LogP contribution in [0.5, 0.6) is 11.5 Å². The van der Waals surface area contributed by atoms with E-state index in [9.17, 15) is 14.9 Å². The Kier molecular flexibility index (Phi) is 6.08. The summed E-state index contributed by atoms with van der Waals surface area (Å²) in [6.07, 6.45) is 0. The Hall–Kier alpha value is -3.46. The lowest BCUT2D eigenvalue weighted by Crippen LogP contribution is -2.20. The number of ether oxygens (including phenoxy) is 2. The molecule has 9 heteroatoms. The number of hydrogen-bond acceptors (Lipinski definition) is 7. The van der Waals surface area contributed by atoms with Crippen LogP contribution in [0.1, 0.15) is 10.4 Å². The molecule has 0 spiro atoms. The van der Waals surface area contributed by atoms with E-state index in [0.717, 1.165) is 27.4 Å². The van der Waals surface area contributed by atoms with E-state index in [1.165, 1.54) is 35.6 Å². The van der Waals surface area contributed by atoms with Crippen LogP contribution in [-0.4, -0.2) is 29.5 Å². The second-order valence-corrected chi connectivity index (χ2v) is 7.40. The van der Waals surface area contributed by atoms with E-state index in [4.69, 9.17) is 9.47 Å². The highest BCUT2D eigenvalue weighted by Gasteiger charge is 2.14. The van der Waals surface area contributed by atoms with Crippen LogP contribution in [0.15, 0.2) is 42.5 Å². The van der Waals surface area contributed by atoms with Gasteiger partial charge in [-0.1, -0.05) is 0 Å². The van der Waals surface area contributed by atoms with Gasteiger partial charge >= 0.3 is 0 Å². The summed E-state index contributed by atoms with van der Waals surface area (Å²) in [5, 5.41) is 13.8. The highest BCUT2D eigenvalue weighted by Crippen LogP contribution is 2.32. The molecule has 0 fully saturated rings. The number of rotatable bonds is 7. The van der Waals surface area contributed by atoms with Crippen molar-refractivity contribution in [2.24, 2.45) is 0 Å².